The molecule has 1 aromatic carbocycles. The summed E-state index contributed by atoms with van der Waals surface area (Å²) in [5.74, 6) is 0.652. The van der Waals surface area contributed by atoms with Gasteiger partial charge in [-0.15, -0.1) is 0 Å². The maximum Gasteiger partial charge on any atom is 0.238 e. The number of para-hydroxylation sites is 2. The minimum Gasteiger partial charge on any atom is -0.495 e. The zero-order valence-corrected chi connectivity index (χ0v) is 11.7. The van der Waals surface area contributed by atoms with Gasteiger partial charge in [0.05, 0.1) is 19.3 Å². The van der Waals surface area contributed by atoms with E-state index in [1.807, 2.05) is 24.3 Å². The quantitative estimate of drug-likeness (QED) is 0.793. The standard InChI is InChI=1S/C15H22N2O2/c1-3-15(8-9-15)11-16-10-14(18)17-12-6-4-5-7-13(12)19-2/h4-7,16H,3,8-11H2,1-2H3,(H,17,18). The van der Waals surface area contributed by atoms with Crippen molar-refractivity contribution in [2.24, 2.45) is 5.41 Å². The average Bonchev–Trinajstić information content (AvgIpc) is 3.20. The molecule has 0 unspecified atom stereocenters. The summed E-state index contributed by atoms with van der Waals surface area (Å²) < 4.78 is 5.20. The zero-order valence-electron chi connectivity index (χ0n) is 11.7. The molecule has 19 heavy (non-hydrogen) atoms. The van der Waals surface area contributed by atoms with Crippen molar-refractivity contribution in [3.05, 3.63) is 24.3 Å². The van der Waals surface area contributed by atoms with E-state index in [1.165, 1.54) is 19.3 Å². The molecule has 0 bridgehead atoms. The van der Waals surface area contributed by atoms with Gasteiger partial charge in [-0.2, -0.15) is 0 Å². The smallest absolute Gasteiger partial charge is 0.238 e. The van der Waals surface area contributed by atoms with E-state index >= 15 is 0 Å². The lowest BCUT2D eigenvalue weighted by atomic mass is 10.0. The Labute approximate surface area is 114 Å². The van der Waals surface area contributed by atoms with Crippen LogP contribution in [0.3, 0.4) is 0 Å². The summed E-state index contributed by atoms with van der Waals surface area (Å²) in [5.41, 5.74) is 1.18. The van der Waals surface area contributed by atoms with E-state index in [0.717, 1.165) is 6.54 Å². The average molecular weight is 262 g/mol. The van der Waals surface area contributed by atoms with Gasteiger partial charge in [-0.1, -0.05) is 19.1 Å². The largest absolute Gasteiger partial charge is 0.495 e. The highest BCUT2D eigenvalue weighted by Gasteiger charge is 2.39. The number of nitrogens with one attached hydrogen (secondary N) is 2. The van der Waals surface area contributed by atoms with Crippen LogP contribution < -0.4 is 15.4 Å². The molecule has 1 aromatic rings. The molecule has 0 saturated heterocycles. The molecule has 1 amide bonds. The summed E-state index contributed by atoms with van der Waals surface area (Å²) in [6.45, 7) is 3.49. The minimum atomic E-state index is -0.0311. The molecule has 0 aromatic heterocycles. The second-order valence-electron chi connectivity index (χ2n) is 5.21. The first-order chi connectivity index (χ1) is 9.19. The van der Waals surface area contributed by atoms with Crippen LogP contribution in [0.1, 0.15) is 26.2 Å². The summed E-state index contributed by atoms with van der Waals surface area (Å²) in [6, 6.07) is 7.43. The van der Waals surface area contributed by atoms with Crippen LogP contribution in [0.5, 0.6) is 5.75 Å². The number of ether oxygens (including phenoxy) is 1. The first kappa shape index (κ1) is 13.9. The molecule has 4 heteroatoms. The SMILES string of the molecule is CCC1(CNCC(=O)Nc2ccccc2OC)CC1. The Bertz CT molecular complexity index is 442. The van der Waals surface area contributed by atoms with Crippen LogP contribution in [-0.4, -0.2) is 26.1 Å². The highest BCUT2D eigenvalue weighted by molar-refractivity contribution is 5.93. The fourth-order valence-electron chi connectivity index (χ4n) is 2.22. The number of hydrogen-bond acceptors (Lipinski definition) is 3. The minimum absolute atomic E-state index is 0.0311. The second kappa shape index (κ2) is 6.06. The molecule has 4 nitrogen and oxygen atoms in total. The molecule has 104 valence electrons. The number of hydrogen-bond donors (Lipinski definition) is 2. The van der Waals surface area contributed by atoms with E-state index in [-0.39, 0.29) is 5.91 Å². The van der Waals surface area contributed by atoms with Crippen LogP contribution >= 0.6 is 0 Å². The lowest BCUT2D eigenvalue weighted by Crippen LogP contribution is -2.32. The van der Waals surface area contributed by atoms with Crippen LogP contribution in [-0.2, 0) is 4.79 Å². The van der Waals surface area contributed by atoms with Gasteiger partial charge in [0.25, 0.3) is 0 Å². The van der Waals surface area contributed by atoms with Gasteiger partial charge in [-0.25, -0.2) is 0 Å². The highest BCUT2D eigenvalue weighted by atomic mass is 16.5. The number of anilines is 1. The van der Waals surface area contributed by atoms with Crippen molar-refractivity contribution < 1.29 is 9.53 Å². The molecular formula is C15H22N2O2. The maximum absolute atomic E-state index is 11.8. The van der Waals surface area contributed by atoms with Gasteiger partial charge in [0.1, 0.15) is 5.75 Å². The third-order valence-corrected chi connectivity index (χ3v) is 3.87. The molecule has 0 radical (unpaired) electrons. The molecule has 1 saturated carbocycles. The number of carbonyl (C=O) groups is 1. The van der Waals surface area contributed by atoms with Crippen LogP contribution in [0.25, 0.3) is 0 Å². The van der Waals surface area contributed by atoms with Gasteiger partial charge in [-0.3, -0.25) is 4.79 Å². The number of rotatable bonds is 7. The summed E-state index contributed by atoms with van der Waals surface area (Å²) in [5, 5.41) is 6.10. The normalized spacial score (nSPS) is 15.9. The molecule has 1 fully saturated rings. The van der Waals surface area contributed by atoms with Crippen molar-refractivity contribution in [1.82, 2.24) is 5.32 Å². The topological polar surface area (TPSA) is 50.4 Å². The number of methoxy groups -OCH3 is 1. The monoisotopic (exact) mass is 262 g/mol. The lowest BCUT2D eigenvalue weighted by molar-refractivity contribution is -0.115. The second-order valence-corrected chi connectivity index (χ2v) is 5.21. The van der Waals surface area contributed by atoms with Gasteiger partial charge < -0.3 is 15.4 Å². The summed E-state index contributed by atoms with van der Waals surface area (Å²) in [6.07, 6.45) is 3.75. The van der Waals surface area contributed by atoms with E-state index in [4.69, 9.17) is 4.74 Å². The lowest BCUT2D eigenvalue weighted by Gasteiger charge is -2.14. The van der Waals surface area contributed by atoms with Crippen molar-refractivity contribution in [1.29, 1.82) is 0 Å². The van der Waals surface area contributed by atoms with Crippen molar-refractivity contribution in [3.8, 4) is 5.75 Å². The first-order valence-electron chi connectivity index (χ1n) is 6.83. The van der Waals surface area contributed by atoms with E-state index in [2.05, 4.69) is 17.6 Å². The molecule has 0 atom stereocenters. The number of amides is 1. The fraction of sp³-hybridized carbons (Fsp3) is 0.533. The van der Waals surface area contributed by atoms with Gasteiger partial charge in [0, 0.05) is 6.54 Å². The van der Waals surface area contributed by atoms with Crippen molar-refractivity contribution in [2.45, 2.75) is 26.2 Å². The van der Waals surface area contributed by atoms with Gasteiger partial charge in [0.2, 0.25) is 5.91 Å². The molecule has 0 heterocycles. The molecule has 0 spiro atoms. The third-order valence-electron chi connectivity index (χ3n) is 3.87. The van der Waals surface area contributed by atoms with Crippen molar-refractivity contribution >= 4 is 11.6 Å². The van der Waals surface area contributed by atoms with Crippen LogP contribution in [0, 0.1) is 5.41 Å². The molecular weight excluding hydrogens is 240 g/mol. The van der Waals surface area contributed by atoms with E-state index in [0.29, 0.717) is 23.4 Å². The maximum atomic E-state index is 11.8. The summed E-state index contributed by atoms with van der Waals surface area (Å²) >= 11 is 0. The van der Waals surface area contributed by atoms with E-state index in [9.17, 15) is 4.79 Å². The summed E-state index contributed by atoms with van der Waals surface area (Å²) in [4.78, 5) is 11.8. The highest BCUT2D eigenvalue weighted by Crippen LogP contribution is 2.47. The number of carbonyl (C=O) groups excluding carboxylic acids is 1. The third kappa shape index (κ3) is 3.70. The zero-order chi connectivity index (χ0) is 13.7. The Morgan fingerprint density at radius 2 is 2.11 bits per heavy atom. The number of benzene rings is 1. The molecule has 0 aliphatic heterocycles. The first-order valence-corrected chi connectivity index (χ1v) is 6.83. The Balaban J connectivity index is 1.78. The van der Waals surface area contributed by atoms with Crippen LogP contribution in [0.15, 0.2) is 24.3 Å². The van der Waals surface area contributed by atoms with E-state index < -0.39 is 0 Å². The van der Waals surface area contributed by atoms with E-state index in [1.54, 1.807) is 7.11 Å². The van der Waals surface area contributed by atoms with Gasteiger partial charge in [0.15, 0.2) is 0 Å². The fourth-order valence-corrected chi connectivity index (χ4v) is 2.22. The molecule has 1 aliphatic rings. The molecule has 2 rings (SSSR count). The van der Waals surface area contributed by atoms with Crippen molar-refractivity contribution in [3.63, 3.8) is 0 Å². The van der Waals surface area contributed by atoms with Crippen LogP contribution in [0.4, 0.5) is 5.69 Å². The molecule has 1 aliphatic carbocycles. The Hall–Kier alpha value is -1.55. The van der Waals surface area contributed by atoms with Gasteiger partial charge in [-0.05, 0) is 36.8 Å². The predicted octanol–water partition coefficient (Wildman–Crippen LogP) is 2.41. The van der Waals surface area contributed by atoms with Gasteiger partial charge >= 0.3 is 0 Å². The summed E-state index contributed by atoms with van der Waals surface area (Å²) in [7, 11) is 1.60. The predicted molar refractivity (Wildman–Crippen MR) is 76.5 cm³/mol. The van der Waals surface area contributed by atoms with Crippen molar-refractivity contribution in [2.75, 3.05) is 25.5 Å². The van der Waals surface area contributed by atoms with Crippen LogP contribution in [0.2, 0.25) is 0 Å². The Morgan fingerprint density at radius 1 is 1.37 bits per heavy atom. The molecule has 2 N–H and O–H groups in total. The Morgan fingerprint density at radius 3 is 2.74 bits per heavy atom. The Kier molecular flexibility index (Phi) is 4.43.